The van der Waals surface area contributed by atoms with Gasteiger partial charge in [-0.2, -0.15) is 13.2 Å². The second kappa shape index (κ2) is 13.2. The lowest BCUT2D eigenvalue weighted by molar-refractivity contribution is -0.137. The van der Waals surface area contributed by atoms with Crippen LogP contribution in [-0.2, 0) is 6.18 Å². The molecule has 10 heteroatoms. The van der Waals surface area contributed by atoms with E-state index >= 15 is 0 Å². The average molecular weight is 439 g/mol. The minimum absolute atomic E-state index is 0.577. The Labute approximate surface area is 170 Å². The SMILES string of the molecule is NCCCSc1ccc(C(F)(F)F)cn1.NCCCSc1ccc(Cl)cn1. The van der Waals surface area contributed by atoms with Crippen LogP contribution in [0.25, 0.3) is 0 Å². The zero-order valence-electron chi connectivity index (χ0n) is 14.6. The van der Waals surface area contributed by atoms with Gasteiger partial charge in [-0.05, 0) is 50.2 Å². The molecule has 0 aliphatic heterocycles. The van der Waals surface area contributed by atoms with Crippen LogP contribution in [0.5, 0.6) is 0 Å². The number of pyridine rings is 2. The molecule has 0 atom stereocenters. The van der Waals surface area contributed by atoms with Gasteiger partial charge < -0.3 is 11.5 Å². The molecule has 0 saturated carbocycles. The van der Waals surface area contributed by atoms with E-state index in [1.807, 2.05) is 12.1 Å². The van der Waals surface area contributed by atoms with Crippen molar-refractivity contribution in [2.45, 2.75) is 29.1 Å². The van der Waals surface area contributed by atoms with E-state index in [1.165, 1.54) is 17.8 Å². The van der Waals surface area contributed by atoms with Crippen LogP contribution >= 0.6 is 35.1 Å². The Kier molecular flexibility index (Phi) is 11.8. The number of rotatable bonds is 8. The predicted octanol–water partition coefficient (Wildman–Crippen LogP) is 4.72. The molecule has 0 aliphatic rings. The molecule has 0 aliphatic carbocycles. The van der Waals surface area contributed by atoms with Gasteiger partial charge in [-0.15, -0.1) is 23.5 Å². The Morgan fingerprint density at radius 2 is 1.37 bits per heavy atom. The summed E-state index contributed by atoms with van der Waals surface area (Å²) in [6, 6.07) is 6.19. The summed E-state index contributed by atoms with van der Waals surface area (Å²) < 4.78 is 36.5. The molecule has 150 valence electrons. The topological polar surface area (TPSA) is 77.8 Å². The first-order valence-electron chi connectivity index (χ1n) is 8.17. The Morgan fingerprint density at radius 1 is 0.852 bits per heavy atom. The maximum absolute atomic E-state index is 12.2. The molecule has 0 unspecified atom stereocenters. The highest BCUT2D eigenvalue weighted by molar-refractivity contribution is 7.99. The van der Waals surface area contributed by atoms with Crippen LogP contribution in [-0.4, -0.2) is 34.6 Å². The fourth-order valence-electron chi connectivity index (χ4n) is 1.60. The molecular weight excluding hydrogens is 417 g/mol. The van der Waals surface area contributed by atoms with Crippen molar-refractivity contribution in [2.24, 2.45) is 11.5 Å². The highest BCUT2D eigenvalue weighted by Crippen LogP contribution is 2.29. The number of aromatic nitrogens is 2. The van der Waals surface area contributed by atoms with Crippen molar-refractivity contribution in [1.29, 1.82) is 0 Å². The van der Waals surface area contributed by atoms with E-state index in [4.69, 9.17) is 23.1 Å². The molecule has 0 bridgehead atoms. The number of halogens is 4. The van der Waals surface area contributed by atoms with Crippen LogP contribution in [0.2, 0.25) is 5.02 Å². The molecule has 4 N–H and O–H groups in total. The van der Waals surface area contributed by atoms with Gasteiger partial charge in [-0.25, -0.2) is 9.97 Å². The Balaban J connectivity index is 0.000000277. The first kappa shape index (κ1) is 24.0. The molecule has 0 fully saturated rings. The summed E-state index contributed by atoms with van der Waals surface area (Å²) in [5, 5.41) is 2.28. The van der Waals surface area contributed by atoms with Crippen molar-refractivity contribution < 1.29 is 13.2 Å². The van der Waals surface area contributed by atoms with Gasteiger partial charge in [0.25, 0.3) is 0 Å². The van der Waals surface area contributed by atoms with E-state index in [1.54, 1.807) is 18.0 Å². The molecule has 2 rings (SSSR count). The number of hydrogen-bond donors (Lipinski definition) is 2. The lowest BCUT2D eigenvalue weighted by atomic mass is 10.3. The molecule has 2 aromatic heterocycles. The van der Waals surface area contributed by atoms with Crippen LogP contribution in [0.15, 0.2) is 46.7 Å². The van der Waals surface area contributed by atoms with Crippen molar-refractivity contribution in [3.05, 3.63) is 47.2 Å². The summed E-state index contributed by atoms with van der Waals surface area (Å²) in [7, 11) is 0. The van der Waals surface area contributed by atoms with E-state index in [2.05, 4.69) is 9.97 Å². The lowest BCUT2D eigenvalue weighted by Gasteiger charge is -2.06. The average Bonchev–Trinajstić information content (AvgIpc) is 2.64. The normalized spacial score (nSPS) is 11.0. The third kappa shape index (κ3) is 10.8. The van der Waals surface area contributed by atoms with Gasteiger partial charge in [-0.3, -0.25) is 0 Å². The van der Waals surface area contributed by atoms with E-state index in [9.17, 15) is 13.2 Å². The summed E-state index contributed by atoms with van der Waals surface area (Å²) in [5.74, 6) is 1.79. The minimum Gasteiger partial charge on any atom is -0.330 e. The maximum atomic E-state index is 12.2. The summed E-state index contributed by atoms with van der Waals surface area (Å²) in [6.45, 7) is 1.31. The monoisotopic (exact) mass is 438 g/mol. The fourth-order valence-corrected chi connectivity index (χ4v) is 3.34. The van der Waals surface area contributed by atoms with Crippen LogP contribution in [0.3, 0.4) is 0 Å². The fraction of sp³-hybridized carbons (Fsp3) is 0.412. The summed E-state index contributed by atoms with van der Waals surface area (Å²) in [5.41, 5.74) is 9.94. The Morgan fingerprint density at radius 3 is 1.74 bits per heavy atom. The van der Waals surface area contributed by atoms with E-state index in [0.29, 0.717) is 16.6 Å². The number of alkyl halides is 3. The van der Waals surface area contributed by atoms with Crippen molar-refractivity contribution in [1.82, 2.24) is 9.97 Å². The third-order valence-corrected chi connectivity index (χ3v) is 5.24. The Hall–Kier alpha value is -1.00. The highest BCUT2D eigenvalue weighted by atomic mass is 35.5. The van der Waals surface area contributed by atoms with E-state index in [0.717, 1.165) is 48.2 Å². The van der Waals surface area contributed by atoms with Gasteiger partial charge in [-0.1, -0.05) is 11.6 Å². The van der Waals surface area contributed by atoms with Crippen molar-refractivity contribution >= 4 is 35.1 Å². The number of thioether (sulfide) groups is 2. The molecule has 0 aromatic carbocycles. The largest absolute Gasteiger partial charge is 0.417 e. The summed E-state index contributed by atoms with van der Waals surface area (Å²) >= 11 is 8.79. The molecule has 4 nitrogen and oxygen atoms in total. The molecule has 27 heavy (non-hydrogen) atoms. The van der Waals surface area contributed by atoms with Gasteiger partial charge in [0.15, 0.2) is 0 Å². The number of nitrogens with zero attached hydrogens (tertiary/aromatic N) is 2. The summed E-state index contributed by atoms with van der Waals surface area (Å²) in [4.78, 5) is 7.86. The number of hydrogen-bond acceptors (Lipinski definition) is 6. The van der Waals surface area contributed by atoms with Crippen molar-refractivity contribution in [3.8, 4) is 0 Å². The van der Waals surface area contributed by atoms with Gasteiger partial charge in [0, 0.05) is 23.9 Å². The molecule has 2 aromatic rings. The smallest absolute Gasteiger partial charge is 0.330 e. The molecule has 0 radical (unpaired) electrons. The Bertz CT molecular complexity index is 640. The van der Waals surface area contributed by atoms with Gasteiger partial charge in [0.05, 0.1) is 20.6 Å². The first-order valence-corrected chi connectivity index (χ1v) is 10.5. The predicted molar refractivity (Wildman–Crippen MR) is 107 cm³/mol. The second-order valence-electron chi connectivity index (χ2n) is 5.18. The number of nitrogens with two attached hydrogens (primary N) is 2. The maximum Gasteiger partial charge on any atom is 0.417 e. The summed E-state index contributed by atoms with van der Waals surface area (Å²) in [6.07, 6.45) is 0.0485. The molecule has 2 heterocycles. The van der Waals surface area contributed by atoms with Crippen LogP contribution in [0.4, 0.5) is 13.2 Å². The quantitative estimate of drug-likeness (QED) is 0.458. The molecular formula is C17H22ClF3N4S2. The second-order valence-corrected chi connectivity index (χ2v) is 7.85. The van der Waals surface area contributed by atoms with Gasteiger partial charge in [0.2, 0.25) is 0 Å². The van der Waals surface area contributed by atoms with Crippen LogP contribution in [0.1, 0.15) is 18.4 Å². The zero-order valence-corrected chi connectivity index (χ0v) is 17.0. The highest BCUT2D eigenvalue weighted by Gasteiger charge is 2.30. The van der Waals surface area contributed by atoms with Crippen molar-refractivity contribution in [2.75, 3.05) is 24.6 Å². The van der Waals surface area contributed by atoms with Crippen molar-refractivity contribution in [3.63, 3.8) is 0 Å². The zero-order chi connectivity index (χ0) is 20.1. The van der Waals surface area contributed by atoms with Crippen LogP contribution in [0, 0.1) is 0 Å². The third-order valence-electron chi connectivity index (χ3n) is 2.96. The molecule has 0 amide bonds. The van der Waals surface area contributed by atoms with E-state index in [-0.39, 0.29) is 0 Å². The molecule has 0 spiro atoms. The molecule has 0 saturated heterocycles. The van der Waals surface area contributed by atoms with E-state index < -0.39 is 11.7 Å². The minimum atomic E-state index is -4.31. The van der Waals surface area contributed by atoms with Gasteiger partial charge in [0.1, 0.15) is 0 Å². The standard InChI is InChI=1S/C9H11F3N2S.C8H11ClN2S/c10-9(11,12)7-2-3-8(14-6-7)15-5-1-4-13;9-7-2-3-8(11-6-7)12-5-1-4-10/h2-3,6H,1,4-5,13H2;2-3,6H,1,4-5,10H2. The lowest BCUT2D eigenvalue weighted by Crippen LogP contribution is -2.05. The van der Waals surface area contributed by atoms with Gasteiger partial charge >= 0.3 is 6.18 Å². The first-order chi connectivity index (χ1) is 12.9. The van der Waals surface area contributed by atoms with Crippen LogP contribution < -0.4 is 11.5 Å².